The summed E-state index contributed by atoms with van der Waals surface area (Å²) in [6.07, 6.45) is 16.1. The van der Waals surface area contributed by atoms with Crippen molar-refractivity contribution in [2.75, 3.05) is 0 Å². The molecule has 0 fully saturated rings. The average molecular weight is 220 g/mol. The number of allylic oxidation sites excluding steroid dienone is 5. The SMILES string of the molecule is C=C/C=C(\C=C/CC)CCC(CC)CCC. The third-order valence-electron chi connectivity index (χ3n) is 3.02. The van der Waals surface area contributed by atoms with E-state index in [1.165, 1.54) is 37.7 Å². The minimum atomic E-state index is 0.897. The minimum Gasteiger partial charge on any atom is -0.0991 e. The molecule has 0 aliphatic rings. The summed E-state index contributed by atoms with van der Waals surface area (Å²) in [4.78, 5) is 0. The lowest BCUT2D eigenvalue weighted by atomic mass is 9.93. The molecule has 0 saturated carbocycles. The highest BCUT2D eigenvalue weighted by Gasteiger charge is 2.05. The van der Waals surface area contributed by atoms with E-state index < -0.39 is 0 Å². The summed E-state index contributed by atoms with van der Waals surface area (Å²) in [6.45, 7) is 10.5. The van der Waals surface area contributed by atoms with E-state index in [1.807, 2.05) is 6.08 Å². The summed E-state index contributed by atoms with van der Waals surface area (Å²) in [7, 11) is 0. The Labute approximate surface area is 102 Å². The first-order valence-electron chi connectivity index (χ1n) is 6.76. The molecule has 0 radical (unpaired) electrons. The lowest BCUT2D eigenvalue weighted by Gasteiger charge is -2.13. The molecule has 0 saturated heterocycles. The third-order valence-corrected chi connectivity index (χ3v) is 3.02. The fourth-order valence-corrected chi connectivity index (χ4v) is 1.97. The van der Waals surface area contributed by atoms with Gasteiger partial charge in [0.2, 0.25) is 0 Å². The maximum absolute atomic E-state index is 3.78. The first kappa shape index (κ1) is 15.2. The van der Waals surface area contributed by atoms with Gasteiger partial charge in [-0.05, 0) is 30.8 Å². The molecule has 0 spiro atoms. The smallest absolute Gasteiger partial charge is 0.0276 e. The van der Waals surface area contributed by atoms with Crippen LogP contribution in [0.2, 0.25) is 0 Å². The van der Waals surface area contributed by atoms with Gasteiger partial charge in [-0.1, -0.05) is 70.9 Å². The molecule has 16 heavy (non-hydrogen) atoms. The van der Waals surface area contributed by atoms with Crippen molar-refractivity contribution in [3.05, 3.63) is 36.5 Å². The van der Waals surface area contributed by atoms with E-state index in [2.05, 4.69) is 45.6 Å². The van der Waals surface area contributed by atoms with E-state index in [0.717, 1.165) is 12.3 Å². The second kappa shape index (κ2) is 10.7. The highest BCUT2D eigenvalue weighted by Crippen LogP contribution is 2.20. The molecule has 0 heteroatoms. The lowest BCUT2D eigenvalue weighted by molar-refractivity contribution is 0.433. The molecule has 0 aromatic carbocycles. The molecule has 0 aliphatic heterocycles. The summed E-state index contributed by atoms with van der Waals surface area (Å²) in [5, 5.41) is 0. The Morgan fingerprint density at radius 2 is 1.94 bits per heavy atom. The Bertz CT molecular complexity index is 220. The Hall–Kier alpha value is -0.780. The molecule has 0 N–H and O–H groups in total. The maximum Gasteiger partial charge on any atom is -0.0276 e. The van der Waals surface area contributed by atoms with Gasteiger partial charge in [0.1, 0.15) is 0 Å². The average Bonchev–Trinajstić information content (AvgIpc) is 2.30. The van der Waals surface area contributed by atoms with Gasteiger partial charge in [-0.25, -0.2) is 0 Å². The topological polar surface area (TPSA) is 0 Å². The minimum absolute atomic E-state index is 0.897. The van der Waals surface area contributed by atoms with Crippen LogP contribution < -0.4 is 0 Å². The van der Waals surface area contributed by atoms with Gasteiger partial charge in [0.05, 0.1) is 0 Å². The van der Waals surface area contributed by atoms with E-state index in [4.69, 9.17) is 0 Å². The van der Waals surface area contributed by atoms with E-state index in [0.29, 0.717) is 0 Å². The van der Waals surface area contributed by atoms with Crippen LogP contribution in [0.15, 0.2) is 36.5 Å². The van der Waals surface area contributed by atoms with Crippen molar-refractivity contribution >= 4 is 0 Å². The summed E-state index contributed by atoms with van der Waals surface area (Å²) in [6, 6.07) is 0. The molecule has 1 unspecified atom stereocenters. The maximum atomic E-state index is 3.78. The molecule has 0 nitrogen and oxygen atoms in total. The van der Waals surface area contributed by atoms with Crippen LogP contribution in [0.5, 0.6) is 0 Å². The first-order valence-corrected chi connectivity index (χ1v) is 6.76. The van der Waals surface area contributed by atoms with Gasteiger partial charge in [-0.2, -0.15) is 0 Å². The number of hydrogen-bond acceptors (Lipinski definition) is 0. The van der Waals surface area contributed by atoms with Gasteiger partial charge in [-0.3, -0.25) is 0 Å². The highest BCUT2D eigenvalue weighted by atomic mass is 14.1. The summed E-state index contributed by atoms with van der Waals surface area (Å²) in [5.74, 6) is 0.897. The van der Waals surface area contributed by atoms with Crippen LogP contribution in [-0.4, -0.2) is 0 Å². The number of hydrogen-bond donors (Lipinski definition) is 0. The summed E-state index contributed by atoms with van der Waals surface area (Å²) < 4.78 is 0. The Kier molecular flexibility index (Phi) is 10.2. The van der Waals surface area contributed by atoms with Gasteiger partial charge in [-0.15, -0.1) is 0 Å². The number of rotatable bonds is 9. The molecule has 0 aromatic heterocycles. The van der Waals surface area contributed by atoms with Gasteiger partial charge >= 0.3 is 0 Å². The predicted octanol–water partition coefficient (Wildman–Crippen LogP) is 5.67. The van der Waals surface area contributed by atoms with Crippen molar-refractivity contribution in [1.82, 2.24) is 0 Å². The summed E-state index contributed by atoms with van der Waals surface area (Å²) in [5.41, 5.74) is 1.42. The van der Waals surface area contributed by atoms with Crippen molar-refractivity contribution in [2.45, 2.75) is 59.3 Å². The van der Waals surface area contributed by atoms with Crippen LogP contribution in [0.3, 0.4) is 0 Å². The normalized spacial score (nSPS) is 14.3. The van der Waals surface area contributed by atoms with Crippen LogP contribution in [0.4, 0.5) is 0 Å². The van der Waals surface area contributed by atoms with Crippen molar-refractivity contribution in [3.63, 3.8) is 0 Å². The second-order valence-corrected chi connectivity index (χ2v) is 4.39. The molecular weight excluding hydrogens is 192 g/mol. The molecular formula is C16H28. The molecule has 0 aliphatic carbocycles. The predicted molar refractivity (Wildman–Crippen MR) is 75.6 cm³/mol. The monoisotopic (exact) mass is 220 g/mol. The summed E-state index contributed by atoms with van der Waals surface area (Å²) >= 11 is 0. The van der Waals surface area contributed by atoms with Gasteiger partial charge in [0, 0.05) is 0 Å². The molecule has 0 amide bonds. The van der Waals surface area contributed by atoms with Crippen molar-refractivity contribution in [2.24, 2.45) is 5.92 Å². The molecule has 0 aromatic rings. The Balaban J connectivity index is 4.14. The van der Waals surface area contributed by atoms with E-state index in [9.17, 15) is 0 Å². The van der Waals surface area contributed by atoms with E-state index in [-0.39, 0.29) is 0 Å². The zero-order valence-corrected chi connectivity index (χ0v) is 11.3. The van der Waals surface area contributed by atoms with Gasteiger partial charge in [0.25, 0.3) is 0 Å². The zero-order valence-electron chi connectivity index (χ0n) is 11.3. The Morgan fingerprint density at radius 1 is 1.19 bits per heavy atom. The molecule has 0 bridgehead atoms. The molecule has 1 atom stereocenters. The standard InChI is InChI=1S/C16H28/c1-5-9-12-16(11-7-3)14-13-15(8-4)10-6-2/h7,9,11-12,15H,3,5-6,8,10,13-14H2,1-2,4H3/b12-9-,16-11+. The second-order valence-electron chi connectivity index (χ2n) is 4.39. The van der Waals surface area contributed by atoms with Crippen molar-refractivity contribution < 1.29 is 0 Å². The molecule has 0 heterocycles. The van der Waals surface area contributed by atoms with Crippen LogP contribution >= 0.6 is 0 Å². The van der Waals surface area contributed by atoms with Crippen LogP contribution in [0.25, 0.3) is 0 Å². The van der Waals surface area contributed by atoms with E-state index >= 15 is 0 Å². The van der Waals surface area contributed by atoms with Crippen LogP contribution in [-0.2, 0) is 0 Å². The first-order chi connectivity index (χ1) is 7.78. The largest absolute Gasteiger partial charge is 0.0991 e. The van der Waals surface area contributed by atoms with Crippen molar-refractivity contribution in [1.29, 1.82) is 0 Å². The van der Waals surface area contributed by atoms with Crippen LogP contribution in [0, 0.1) is 5.92 Å². The molecule has 0 rings (SSSR count). The van der Waals surface area contributed by atoms with Crippen LogP contribution in [0.1, 0.15) is 59.3 Å². The third kappa shape index (κ3) is 7.50. The lowest BCUT2D eigenvalue weighted by Crippen LogP contribution is -1.98. The fourth-order valence-electron chi connectivity index (χ4n) is 1.97. The quantitative estimate of drug-likeness (QED) is 0.439. The molecule has 92 valence electrons. The van der Waals surface area contributed by atoms with Crippen molar-refractivity contribution in [3.8, 4) is 0 Å². The Morgan fingerprint density at radius 3 is 2.44 bits per heavy atom. The fraction of sp³-hybridized carbons (Fsp3) is 0.625. The zero-order chi connectivity index (χ0) is 12.2. The highest BCUT2D eigenvalue weighted by molar-refractivity contribution is 5.22. The van der Waals surface area contributed by atoms with Gasteiger partial charge < -0.3 is 0 Å². The van der Waals surface area contributed by atoms with Gasteiger partial charge in [0.15, 0.2) is 0 Å². The van der Waals surface area contributed by atoms with E-state index in [1.54, 1.807) is 0 Å².